The molecule has 0 aromatic heterocycles. The number of rotatable bonds is 4. The van der Waals surface area contributed by atoms with E-state index in [0.717, 1.165) is 11.3 Å². The van der Waals surface area contributed by atoms with Crippen molar-refractivity contribution in [2.24, 2.45) is 0 Å². The van der Waals surface area contributed by atoms with Crippen LogP contribution in [0, 0.1) is 0 Å². The fourth-order valence-electron chi connectivity index (χ4n) is 1.75. The molecule has 0 unspecified atom stereocenters. The molecule has 0 aliphatic rings. The molecule has 1 amide bonds. The highest BCUT2D eigenvalue weighted by molar-refractivity contribution is 6.36. The third-order valence-electron chi connectivity index (χ3n) is 2.86. The number of halogens is 2. The lowest BCUT2D eigenvalue weighted by atomic mass is 10.1. The zero-order valence-electron chi connectivity index (χ0n) is 10.9. The first-order valence-electron chi connectivity index (χ1n) is 6.10. The first-order valence-corrected chi connectivity index (χ1v) is 6.85. The first-order chi connectivity index (χ1) is 9.60. The molecule has 3 nitrogen and oxygen atoms in total. The Hall–Kier alpha value is -1.71. The van der Waals surface area contributed by atoms with Gasteiger partial charge >= 0.3 is 0 Å². The molecular weight excluding hydrogens is 295 g/mol. The lowest BCUT2D eigenvalue weighted by Gasteiger charge is -2.09. The summed E-state index contributed by atoms with van der Waals surface area (Å²) < 4.78 is 0. The summed E-state index contributed by atoms with van der Waals surface area (Å²) in [4.78, 5) is 11.4. The first kappa shape index (κ1) is 14.7. The molecule has 2 aromatic carbocycles. The molecule has 0 spiro atoms. The third kappa shape index (κ3) is 3.65. The van der Waals surface area contributed by atoms with E-state index in [4.69, 9.17) is 23.2 Å². The van der Waals surface area contributed by atoms with Gasteiger partial charge in [-0.25, -0.2) is 0 Å². The number of anilines is 1. The van der Waals surface area contributed by atoms with Crippen molar-refractivity contribution in [1.82, 2.24) is 5.32 Å². The summed E-state index contributed by atoms with van der Waals surface area (Å²) in [5, 5.41) is 7.00. The summed E-state index contributed by atoms with van der Waals surface area (Å²) in [5.41, 5.74) is 2.52. The van der Waals surface area contributed by atoms with Crippen LogP contribution >= 0.6 is 23.2 Å². The minimum Gasteiger partial charge on any atom is -0.380 e. The highest BCUT2D eigenvalue weighted by Crippen LogP contribution is 2.25. The molecule has 0 fully saturated rings. The second kappa shape index (κ2) is 6.64. The Bertz CT molecular complexity index is 612. The largest absolute Gasteiger partial charge is 0.380 e. The van der Waals surface area contributed by atoms with Crippen LogP contribution in [0.2, 0.25) is 10.0 Å². The fraction of sp³-hybridized carbons (Fsp3) is 0.133. The van der Waals surface area contributed by atoms with E-state index in [0.29, 0.717) is 22.2 Å². The van der Waals surface area contributed by atoms with E-state index in [2.05, 4.69) is 10.6 Å². The Morgan fingerprint density at radius 1 is 1.10 bits per heavy atom. The fourth-order valence-corrected chi connectivity index (χ4v) is 2.22. The minimum atomic E-state index is -0.0924. The van der Waals surface area contributed by atoms with Crippen LogP contribution in [-0.2, 0) is 6.54 Å². The van der Waals surface area contributed by atoms with Crippen LogP contribution in [0.3, 0.4) is 0 Å². The predicted molar refractivity (Wildman–Crippen MR) is 83.6 cm³/mol. The van der Waals surface area contributed by atoms with Crippen molar-refractivity contribution in [2.45, 2.75) is 6.54 Å². The van der Waals surface area contributed by atoms with Gasteiger partial charge in [0.05, 0.1) is 10.7 Å². The number of hydrogen-bond donors (Lipinski definition) is 2. The minimum absolute atomic E-state index is 0.0924. The van der Waals surface area contributed by atoms with E-state index in [1.165, 1.54) is 0 Å². The van der Waals surface area contributed by atoms with Gasteiger partial charge in [0.1, 0.15) is 0 Å². The van der Waals surface area contributed by atoms with Gasteiger partial charge in [0.2, 0.25) is 0 Å². The molecular formula is C15H14Cl2N2O. The van der Waals surface area contributed by atoms with Crippen molar-refractivity contribution in [3.63, 3.8) is 0 Å². The van der Waals surface area contributed by atoms with E-state index >= 15 is 0 Å². The second-order valence-electron chi connectivity index (χ2n) is 4.25. The average Bonchev–Trinajstić information content (AvgIpc) is 2.46. The quantitative estimate of drug-likeness (QED) is 0.897. The predicted octanol–water partition coefficient (Wildman–Crippen LogP) is 3.97. The zero-order chi connectivity index (χ0) is 14.5. The zero-order valence-corrected chi connectivity index (χ0v) is 12.4. The number of carbonyl (C=O) groups excluding carboxylic acids is 1. The van der Waals surface area contributed by atoms with E-state index in [1.807, 2.05) is 18.2 Å². The van der Waals surface area contributed by atoms with Gasteiger partial charge in [-0.2, -0.15) is 0 Å². The maximum atomic E-state index is 11.4. The van der Waals surface area contributed by atoms with Crippen molar-refractivity contribution < 1.29 is 4.79 Å². The monoisotopic (exact) mass is 308 g/mol. The van der Waals surface area contributed by atoms with Crippen molar-refractivity contribution in [3.8, 4) is 0 Å². The molecule has 0 atom stereocenters. The molecule has 2 aromatic rings. The summed E-state index contributed by atoms with van der Waals surface area (Å²) in [6.45, 7) is 0.620. The molecule has 2 rings (SSSR count). The Kier molecular flexibility index (Phi) is 4.88. The van der Waals surface area contributed by atoms with Crippen LogP contribution in [0.25, 0.3) is 0 Å². The molecule has 0 saturated carbocycles. The van der Waals surface area contributed by atoms with Gasteiger partial charge in [-0.1, -0.05) is 35.3 Å². The number of amides is 1. The number of hydrogen-bond acceptors (Lipinski definition) is 2. The van der Waals surface area contributed by atoms with Crippen molar-refractivity contribution >= 4 is 34.8 Å². The molecule has 0 bridgehead atoms. The Balaban J connectivity index is 2.02. The normalized spacial score (nSPS) is 10.2. The molecule has 0 aliphatic carbocycles. The smallest absolute Gasteiger partial charge is 0.251 e. The Labute approximate surface area is 127 Å². The van der Waals surface area contributed by atoms with Crippen molar-refractivity contribution in [2.75, 3.05) is 12.4 Å². The molecule has 0 aliphatic heterocycles. The highest BCUT2D eigenvalue weighted by Gasteiger charge is 2.03. The van der Waals surface area contributed by atoms with Gasteiger partial charge in [-0.15, -0.1) is 0 Å². The van der Waals surface area contributed by atoms with Crippen molar-refractivity contribution in [1.29, 1.82) is 0 Å². The molecule has 20 heavy (non-hydrogen) atoms. The lowest BCUT2D eigenvalue weighted by molar-refractivity contribution is 0.0963. The Morgan fingerprint density at radius 2 is 1.80 bits per heavy atom. The molecule has 0 radical (unpaired) electrons. The van der Waals surface area contributed by atoms with Crippen molar-refractivity contribution in [3.05, 3.63) is 63.6 Å². The third-order valence-corrected chi connectivity index (χ3v) is 3.41. The standard InChI is InChI=1S/C15H14Cl2N2O/c1-18-15(20)11-4-2-10(3-5-11)9-19-14-7-6-12(16)8-13(14)17/h2-8,19H,9H2,1H3,(H,18,20). The Morgan fingerprint density at radius 3 is 2.40 bits per heavy atom. The summed E-state index contributed by atoms with van der Waals surface area (Å²) in [6.07, 6.45) is 0. The van der Waals surface area contributed by atoms with Crippen LogP contribution in [0.5, 0.6) is 0 Å². The molecule has 0 saturated heterocycles. The van der Waals surface area contributed by atoms with E-state index in [1.54, 1.807) is 31.3 Å². The molecule has 0 heterocycles. The lowest BCUT2D eigenvalue weighted by Crippen LogP contribution is -2.17. The van der Waals surface area contributed by atoms with Crippen LogP contribution in [-0.4, -0.2) is 13.0 Å². The van der Waals surface area contributed by atoms with Gasteiger partial charge in [-0.3, -0.25) is 4.79 Å². The maximum absolute atomic E-state index is 11.4. The van der Waals surface area contributed by atoms with E-state index in [-0.39, 0.29) is 5.91 Å². The molecule has 104 valence electrons. The summed E-state index contributed by atoms with van der Waals surface area (Å²) >= 11 is 11.9. The number of carbonyl (C=O) groups is 1. The van der Waals surface area contributed by atoms with Gasteiger partial charge in [-0.05, 0) is 35.9 Å². The SMILES string of the molecule is CNC(=O)c1ccc(CNc2ccc(Cl)cc2Cl)cc1. The van der Waals surface area contributed by atoms with E-state index in [9.17, 15) is 4.79 Å². The van der Waals surface area contributed by atoms with Crippen LogP contribution in [0.1, 0.15) is 15.9 Å². The number of nitrogens with one attached hydrogen (secondary N) is 2. The number of benzene rings is 2. The molecule has 5 heteroatoms. The maximum Gasteiger partial charge on any atom is 0.251 e. The van der Waals surface area contributed by atoms with Crippen LogP contribution < -0.4 is 10.6 Å². The van der Waals surface area contributed by atoms with Gasteiger partial charge in [0.25, 0.3) is 5.91 Å². The van der Waals surface area contributed by atoms with Crippen LogP contribution in [0.15, 0.2) is 42.5 Å². The summed E-state index contributed by atoms with van der Waals surface area (Å²) in [6, 6.07) is 12.7. The second-order valence-corrected chi connectivity index (χ2v) is 5.10. The highest BCUT2D eigenvalue weighted by atomic mass is 35.5. The van der Waals surface area contributed by atoms with Gasteiger partial charge < -0.3 is 10.6 Å². The van der Waals surface area contributed by atoms with Gasteiger partial charge in [0.15, 0.2) is 0 Å². The average molecular weight is 309 g/mol. The summed E-state index contributed by atoms with van der Waals surface area (Å²) in [7, 11) is 1.61. The topological polar surface area (TPSA) is 41.1 Å². The van der Waals surface area contributed by atoms with Crippen LogP contribution in [0.4, 0.5) is 5.69 Å². The van der Waals surface area contributed by atoms with E-state index < -0.39 is 0 Å². The van der Waals surface area contributed by atoms with Gasteiger partial charge in [0, 0.05) is 24.2 Å². The summed E-state index contributed by atoms with van der Waals surface area (Å²) in [5.74, 6) is -0.0924. The molecule has 2 N–H and O–H groups in total.